The van der Waals surface area contributed by atoms with Crippen LogP contribution in [0.25, 0.3) is 33.1 Å². The van der Waals surface area contributed by atoms with Crippen LogP contribution in [0.15, 0.2) is 102 Å². The number of unbranched alkanes of at least 4 members (excludes halogenated alkanes) is 1. The molecule has 0 unspecified atom stereocenters. The predicted molar refractivity (Wildman–Crippen MR) is 179 cm³/mol. The van der Waals surface area contributed by atoms with Crippen molar-refractivity contribution in [2.45, 2.75) is 38.5 Å². The summed E-state index contributed by atoms with van der Waals surface area (Å²) < 4.78 is 2.15. The number of phenols is 1. The number of H-pyrrole nitrogens is 1. The Bertz CT molecular complexity index is 2050. The number of pyridine rings is 1. The van der Waals surface area contributed by atoms with E-state index in [1.165, 1.54) is 12.1 Å². The van der Waals surface area contributed by atoms with Gasteiger partial charge in [-0.3, -0.25) is 10.1 Å². The van der Waals surface area contributed by atoms with Crippen LogP contribution < -0.4 is 16.2 Å². The molecule has 0 radical (unpaired) electrons. The summed E-state index contributed by atoms with van der Waals surface area (Å²) in [4.78, 5) is 30.3. The number of nitrogens with zero attached hydrogens (tertiary/aromatic N) is 2. The van der Waals surface area contributed by atoms with Crippen molar-refractivity contribution in [2.24, 2.45) is 0 Å². The molecule has 1 amide bonds. The van der Waals surface area contributed by atoms with Gasteiger partial charge in [0.15, 0.2) is 0 Å². The van der Waals surface area contributed by atoms with E-state index in [9.17, 15) is 24.9 Å². The van der Waals surface area contributed by atoms with E-state index in [4.69, 9.17) is 0 Å². The number of carboxylic acid groups (broad SMARTS) is 1. The van der Waals surface area contributed by atoms with Gasteiger partial charge in [-0.15, -0.1) is 0 Å². The molecule has 0 aliphatic heterocycles. The number of aromatic amines is 1. The zero-order chi connectivity index (χ0) is 32.0. The van der Waals surface area contributed by atoms with E-state index in [-0.39, 0.29) is 17.9 Å². The van der Waals surface area contributed by atoms with Crippen LogP contribution in [0.2, 0.25) is 0 Å². The Morgan fingerprint density at radius 1 is 0.935 bits per heavy atom. The van der Waals surface area contributed by atoms with Crippen LogP contribution in [0, 0.1) is 0 Å². The SMILES string of the molecule is O=C(O)Nc1cc(CCCCn2cnc3cc(CNC[C@H](O)c4ccc(O)c5[nH]c(=O)ccc45)ccc32)ccc1-c1ccccc1. The minimum atomic E-state index is -1.08. The molecular formula is C36H35N5O5. The number of aliphatic hydroxyl groups is 1. The highest BCUT2D eigenvalue weighted by molar-refractivity contribution is 5.91. The molecule has 1 atom stereocenters. The van der Waals surface area contributed by atoms with Crippen molar-refractivity contribution in [3.05, 3.63) is 124 Å². The normalized spacial score (nSPS) is 12.0. The number of aromatic hydroxyl groups is 1. The molecule has 10 heteroatoms. The average molecular weight is 618 g/mol. The Balaban J connectivity index is 1.02. The Hall–Kier alpha value is -5.45. The van der Waals surface area contributed by atoms with Gasteiger partial charge in [0, 0.05) is 36.7 Å². The van der Waals surface area contributed by atoms with Crippen molar-refractivity contribution in [1.82, 2.24) is 19.9 Å². The van der Waals surface area contributed by atoms with Crippen LogP contribution in [0.5, 0.6) is 5.75 Å². The molecule has 234 valence electrons. The molecule has 0 spiro atoms. The number of hydrogen-bond acceptors (Lipinski definition) is 6. The average Bonchev–Trinajstić information content (AvgIpc) is 3.46. The molecule has 4 aromatic carbocycles. The van der Waals surface area contributed by atoms with Crippen LogP contribution in [0.1, 0.15) is 35.6 Å². The molecule has 6 aromatic rings. The summed E-state index contributed by atoms with van der Waals surface area (Å²) >= 11 is 0. The monoisotopic (exact) mass is 617 g/mol. The fourth-order valence-electron chi connectivity index (χ4n) is 5.86. The summed E-state index contributed by atoms with van der Waals surface area (Å²) in [5, 5.41) is 36.7. The molecule has 0 fully saturated rings. The highest BCUT2D eigenvalue weighted by Gasteiger charge is 2.14. The Kier molecular flexibility index (Phi) is 9.09. The van der Waals surface area contributed by atoms with Gasteiger partial charge in [-0.1, -0.05) is 54.6 Å². The zero-order valence-corrected chi connectivity index (χ0v) is 25.1. The third kappa shape index (κ3) is 6.93. The van der Waals surface area contributed by atoms with Gasteiger partial charge in [0.2, 0.25) is 5.56 Å². The van der Waals surface area contributed by atoms with Crippen molar-refractivity contribution in [2.75, 3.05) is 11.9 Å². The third-order valence-corrected chi connectivity index (χ3v) is 8.14. The van der Waals surface area contributed by atoms with Crippen molar-refractivity contribution in [3.8, 4) is 16.9 Å². The van der Waals surface area contributed by atoms with E-state index < -0.39 is 12.2 Å². The second kappa shape index (κ2) is 13.7. The lowest BCUT2D eigenvalue weighted by Crippen LogP contribution is -2.21. The number of benzene rings is 4. The standard InChI is InChI=1S/C36H35N5O5/c42-32-15-12-27(28-13-16-34(44)40-35(28)32)33(43)21-37-20-24-10-14-31-30(19-24)38-22-41(31)17-5-4-6-23-9-11-26(25-7-2-1-3-8-25)29(18-23)39-36(45)46/h1-3,7-16,18-19,22,33,37,39,42-43H,4-6,17,20-21H2,(H,40,44)(H,45,46)/t33-/m0/s1. The van der Waals surface area contributed by atoms with Gasteiger partial charge >= 0.3 is 6.09 Å². The number of fused-ring (bicyclic) bond motifs is 2. The molecule has 0 saturated heterocycles. The summed E-state index contributed by atoms with van der Waals surface area (Å²) in [5.74, 6) is -0.0395. The first-order valence-corrected chi connectivity index (χ1v) is 15.2. The van der Waals surface area contributed by atoms with E-state index >= 15 is 0 Å². The molecule has 0 aliphatic carbocycles. The number of anilines is 1. The topological polar surface area (TPSA) is 152 Å². The van der Waals surface area contributed by atoms with E-state index in [1.54, 1.807) is 12.1 Å². The summed E-state index contributed by atoms with van der Waals surface area (Å²) in [7, 11) is 0. The lowest BCUT2D eigenvalue weighted by atomic mass is 9.99. The fraction of sp³-hybridized carbons (Fsp3) is 0.194. The first kappa shape index (κ1) is 30.6. The number of rotatable bonds is 12. The molecule has 46 heavy (non-hydrogen) atoms. The second-order valence-corrected chi connectivity index (χ2v) is 11.3. The van der Waals surface area contributed by atoms with Crippen LogP contribution in [-0.2, 0) is 19.5 Å². The van der Waals surface area contributed by atoms with Crippen LogP contribution >= 0.6 is 0 Å². The van der Waals surface area contributed by atoms with Crippen molar-refractivity contribution < 1.29 is 20.1 Å². The van der Waals surface area contributed by atoms with Gasteiger partial charge in [0.1, 0.15) is 5.75 Å². The van der Waals surface area contributed by atoms with Gasteiger partial charge in [-0.05, 0) is 71.8 Å². The zero-order valence-electron chi connectivity index (χ0n) is 25.1. The summed E-state index contributed by atoms with van der Waals surface area (Å²) in [6.45, 7) is 1.64. The number of aromatic nitrogens is 3. The molecule has 6 rings (SSSR count). The quantitative estimate of drug-likeness (QED) is 0.0896. The van der Waals surface area contributed by atoms with Crippen LogP contribution in [0.4, 0.5) is 10.5 Å². The summed E-state index contributed by atoms with van der Waals surface area (Å²) in [6, 6.07) is 28.0. The van der Waals surface area contributed by atoms with Crippen molar-refractivity contribution in [3.63, 3.8) is 0 Å². The minimum absolute atomic E-state index is 0.0395. The Labute approximate surface area is 265 Å². The lowest BCUT2D eigenvalue weighted by molar-refractivity contribution is 0.176. The smallest absolute Gasteiger partial charge is 0.409 e. The number of carbonyl (C=O) groups is 1. The highest BCUT2D eigenvalue weighted by Crippen LogP contribution is 2.30. The summed E-state index contributed by atoms with van der Waals surface area (Å²) in [5.41, 5.74) is 7.07. The van der Waals surface area contributed by atoms with E-state index in [0.717, 1.165) is 59.1 Å². The molecule has 6 N–H and O–H groups in total. The van der Waals surface area contributed by atoms with Gasteiger partial charge in [-0.25, -0.2) is 9.78 Å². The van der Waals surface area contributed by atoms with Crippen LogP contribution in [0.3, 0.4) is 0 Å². The van der Waals surface area contributed by atoms with Crippen molar-refractivity contribution in [1.29, 1.82) is 0 Å². The van der Waals surface area contributed by atoms with Gasteiger partial charge in [0.25, 0.3) is 0 Å². The van der Waals surface area contributed by atoms with E-state index in [1.807, 2.05) is 60.9 Å². The fourth-order valence-corrected chi connectivity index (χ4v) is 5.86. The molecule has 10 nitrogen and oxygen atoms in total. The Morgan fingerprint density at radius 2 is 1.76 bits per heavy atom. The number of phenolic OH excluding ortho intramolecular Hbond substituents is 1. The van der Waals surface area contributed by atoms with Crippen molar-refractivity contribution >= 4 is 33.7 Å². The number of amides is 1. The Morgan fingerprint density at radius 3 is 2.59 bits per heavy atom. The number of aryl methyl sites for hydroxylation is 2. The number of aliphatic hydroxyl groups excluding tert-OH is 1. The minimum Gasteiger partial charge on any atom is -0.506 e. The highest BCUT2D eigenvalue weighted by atomic mass is 16.4. The number of nitrogens with one attached hydrogen (secondary N) is 3. The lowest BCUT2D eigenvalue weighted by Gasteiger charge is -2.15. The van der Waals surface area contributed by atoms with Gasteiger partial charge in [-0.2, -0.15) is 0 Å². The maximum absolute atomic E-state index is 11.7. The largest absolute Gasteiger partial charge is 0.506 e. The number of hydrogen-bond donors (Lipinski definition) is 6. The molecular weight excluding hydrogens is 582 g/mol. The third-order valence-electron chi connectivity index (χ3n) is 8.14. The van der Waals surface area contributed by atoms with Crippen LogP contribution in [-0.4, -0.2) is 42.5 Å². The molecule has 0 aliphatic rings. The molecule has 2 heterocycles. The number of imidazole rings is 1. The second-order valence-electron chi connectivity index (χ2n) is 11.3. The molecule has 0 saturated carbocycles. The van der Waals surface area contributed by atoms with Gasteiger partial charge < -0.3 is 30.2 Å². The first-order chi connectivity index (χ1) is 22.4. The first-order valence-electron chi connectivity index (χ1n) is 15.2. The van der Waals surface area contributed by atoms with E-state index in [0.29, 0.717) is 28.7 Å². The van der Waals surface area contributed by atoms with Gasteiger partial charge in [0.05, 0.1) is 34.7 Å². The maximum atomic E-state index is 11.7. The predicted octanol–water partition coefficient (Wildman–Crippen LogP) is 6.19. The molecule has 0 bridgehead atoms. The molecule has 2 aromatic heterocycles. The summed E-state index contributed by atoms with van der Waals surface area (Å²) in [6.07, 6.45) is 2.65. The van der Waals surface area contributed by atoms with E-state index in [2.05, 4.69) is 37.3 Å². The maximum Gasteiger partial charge on any atom is 0.409 e.